The molecule has 1 heterocycles. The fraction of sp³-hybridized carbons (Fsp3) is 0.238. The molecule has 3 aromatic rings. The molecule has 1 aromatic heterocycles. The molecule has 3 rings (SSSR count). The molecule has 146 valence electrons. The van der Waals surface area contributed by atoms with Gasteiger partial charge in [-0.1, -0.05) is 12.1 Å². The molecule has 7 nitrogen and oxygen atoms in total. The summed E-state index contributed by atoms with van der Waals surface area (Å²) in [6.07, 6.45) is 1.69. The molecule has 0 atom stereocenters. The predicted molar refractivity (Wildman–Crippen MR) is 110 cm³/mol. The maximum absolute atomic E-state index is 5.42. The van der Waals surface area contributed by atoms with Crippen molar-refractivity contribution in [2.75, 3.05) is 33.9 Å². The van der Waals surface area contributed by atoms with E-state index in [0.717, 1.165) is 33.6 Å². The highest BCUT2D eigenvalue weighted by molar-refractivity contribution is 5.95. The quantitative estimate of drug-likeness (QED) is 0.492. The second kappa shape index (κ2) is 8.47. The van der Waals surface area contributed by atoms with Crippen LogP contribution in [0.15, 0.2) is 41.5 Å². The summed E-state index contributed by atoms with van der Waals surface area (Å²) in [5.41, 5.74) is 6.38. The van der Waals surface area contributed by atoms with Crippen LogP contribution in [0.2, 0.25) is 0 Å². The molecule has 0 amide bonds. The summed E-state index contributed by atoms with van der Waals surface area (Å²) in [4.78, 5) is 4.57. The van der Waals surface area contributed by atoms with E-state index < -0.39 is 0 Å². The first kappa shape index (κ1) is 19.3. The van der Waals surface area contributed by atoms with E-state index >= 15 is 0 Å². The SMILES string of the molecule is COc1cc(C=NNc2cc(C)nc3c(OC)cccc23)cc(OC)c1OC. The van der Waals surface area contributed by atoms with Crippen LogP contribution in [0.25, 0.3) is 10.9 Å². The van der Waals surface area contributed by atoms with E-state index in [1.165, 1.54) is 0 Å². The van der Waals surface area contributed by atoms with Gasteiger partial charge in [-0.2, -0.15) is 5.10 Å². The monoisotopic (exact) mass is 381 g/mol. The first-order valence-electron chi connectivity index (χ1n) is 8.64. The van der Waals surface area contributed by atoms with Gasteiger partial charge >= 0.3 is 0 Å². The van der Waals surface area contributed by atoms with Crippen molar-refractivity contribution in [1.29, 1.82) is 0 Å². The summed E-state index contributed by atoms with van der Waals surface area (Å²) in [6, 6.07) is 11.4. The van der Waals surface area contributed by atoms with Crippen molar-refractivity contribution in [1.82, 2.24) is 4.98 Å². The Balaban J connectivity index is 1.93. The van der Waals surface area contributed by atoms with E-state index in [0.29, 0.717) is 17.2 Å². The summed E-state index contributed by atoms with van der Waals surface area (Å²) in [5, 5.41) is 5.29. The van der Waals surface area contributed by atoms with Crippen LogP contribution in [0.5, 0.6) is 23.0 Å². The summed E-state index contributed by atoms with van der Waals surface area (Å²) in [5.74, 6) is 2.40. The number of hydrazone groups is 1. The van der Waals surface area contributed by atoms with Crippen molar-refractivity contribution in [3.8, 4) is 23.0 Å². The zero-order chi connectivity index (χ0) is 20.1. The number of methoxy groups -OCH3 is 4. The van der Waals surface area contributed by atoms with Crippen molar-refractivity contribution in [3.63, 3.8) is 0 Å². The Kier molecular flexibility index (Phi) is 5.84. The molecule has 0 saturated carbocycles. The zero-order valence-electron chi connectivity index (χ0n) is 16.6. The minimum absolute atomic E-state index is 0.540. The van der Waals surface area contributed by atoms with Gasteiger partial charge in [0.15, 0.2) is 11.5 Å². The maximum Gasteiger partial charge on any atom is 0.203 e. The van der Waals surface area contributed by atoms with Gasteiger partial charge in [-0.3, -0.25) is 5.43 Å². The lowest BCUT2D eigenvalue weighted by Gasteiger charge is -2.13. The van der Waals surface area contributed by atoms with Crippen LogP contribution in [-0.4, -0.2) is 39.6 Å². The number of para-hydroxylation sites is 1. The minimum Gasteiger partial charge on any atom is -0.494 e. The molecule has 0 bridgehead atoms. The molecule has 0 spiro atoms. The topological polar surface area (TPSA) is 74.2 Å². The summed E-state index contributed by atoms with van der Waals surface area (Å²) in [6.45, 7) is 1.93. The average molecular weight is 381 g/mol. The van der Waals surface area contributed by atoms with Crippen LogP contribution in [0.4, 0.5) is 5.69 Å². The second-order valence-electron chi connectivity index (χ2n) is 6.00. The number of nitrogens with one attached hydrogen (secondary N) is 1. The van der Waals surface area contributed by atoms with Gasteiger partial charge in [-0.15, -0.1) is 0 Å². The summed E-state index contributed by atoms with van der Waals surface area (Å²) in [7, 11) is 6.36. The Morgan fingerprint density at radius 1 is 0.893 bits per heavy atom. The van der Waals surface area contributed by atoms with Gasteiger partial charge in [0.25, 0.3) is 0 Å². The number of nitrogens with zero attached hydrogens (tertiary/aromatic N) is 2. The number of fused-ring (bicyclic) bond motifs is 1. The number of rotatable bonds is 7. The molecular weight excluding hydrogens is 358 g/mol. The fourth-order valence-electron chi connectivity index (χ4n) is 2.96. The Hall–Kier alpha value is -3.48. The third kappa shape index (κ3) is 3.78. The highest BCUT2D eigenvalue weighted by Gasteiger charge is 2.12. The minimum atomic E-state index is 0.540. The number of anilines is 1. The zero-order valence-corrected chi connectivity index (χ0v) is 16.6. The van der Waals surface area contributed by atoms with Crippen LogP contribution < -0.4 is 24.4 Å². The van der Waals surface area contributed by atoms with Gasteiger partial charge in [0.1, 0.15) is 11.3 Å². The van der Waals surface area contributed by atoms with Crippen molar-refractivity contribution in [3.05, 3.63) is 47.7 Å². The highest BCUT2D eigenvalue weighted by atomic mass is 16.5. The largest absolute Gasteiger partial charge is 0.494 e. The Morgan fingerprint density at radius 3 is 2.18 bits per heavy atom. The molecule has 2 aromatic carbocycles. The number of aromatic nitrogens is 1. The van der Waals surface area contributed by atoms with Gasteiger partial charge in [0, 0.05) is 16.6 Å². The van der Waals surface area contributed by atoms with E-state index in [1.807, 2.05) is 43.3 Å². The Morgan fingerprint density at radius 2 is 1.57 bits per heavy atom. The van der Waals surface area contributed by atoms with Crippen molar-refractivity contribution >= 4 is 22.8 Å². The maximum atomic E-state index is 5.42. The number of benzene rings is 2. The molecule has 0 unspecified atom stereocenters. The molecule has 0 aliphatic carbocycles. The summed E-state index contributed by atoms with van der Waals surface area (Å²) >= 11 is 0. The molecule has 0 saturated heterocycles. The van der Waals surface area contributed by atoms with Gasteiger partial charge in [0.05, 0.1) is 40.3 Å². The molecule has 28 heavy (non-hydrogen) atoms. The van der Waals surface area contributed by atoms with Crippen LogP contribution in [0.1, 0.15) is 11.3 Å². The lowest BCUT2D eigenvalue weighted by atomic mass is 10.1. The molecule has 0 fully saturated rings. The number of pyridine rings is 1. The number of ether oxygens (including phenoxy) is 4. The van der Waals surface area contributed by atoms with Gasteiger partial charge in [0.2, 0.25) is 5.75 Å². The van der Waals surface area contributed by atoms with E-state index in [9.17, 15) is 0 Å². The van der Waals surface area contributed by atoms with Gasteiger partial charge < -0.3 is 18.9 Å². The molecular formula is C21H23N3O4. The molecule has 0 radical (unpaired) electrons. The lowest BCUT2D eigenvalue weighted by Crippen LogP contribution is -1.98. The predicted octanol–water partition coefficient (Wildman–Crippen LogP) is 4.02. The second-order valence-corrected chi connectivity index (χ2v) is 6.00. The van der Waals surface area contributed by atoms with E-state index in [1.54, 1.807) is 34.7 Å². The molecule has 0 aliphatic heterocycles. The third-order valence-corrected chi connectivity index (χ3v) is 4.24. The fourth-order valence-corrected chi connectivity index (χ4v) is 2.96. The van der Waals surface area contributed by atoms with Gasteiger partial charge in [-0.05, 0) is 31.2 Å². The van der Waals surface area contributed by atoms with Gasteiger partial charge in [-0.25, -0.2) is 4.98 Å². The highest BCUT2D eigenvalue weighted by Crippen LogP contribution is 2.37. The Bertz CT molecular complexity index is 993. The van der Waals surface area contributed by atoms with E-state index in [2.05, 4.69) is 15.5 Å². The molecule has 1 N–H and O–H groups in total. The molecule has 7 heteroatoms. The van der Waals surface area contributed by atoms with E-state index in [4.69, 9.17) is 18.9 Å². The third-order valence-electron chi connectivity index (χ3n) is 4.24. The smallest absolute Gasteiger partial charge is 0.203 e. The van der Waals surface area contributed by atoms with E-state index in [-0.39, 0.29) is 0 Å². The van der Waals surface area contributed by atoms with Crippen molar-refractivity contribution < 1.29 is 18.9 Å². The first-order valence-corrected chi connectivity index (χ1v) is 8.64. The average Bonchev–Trinajstić information content (AvgIpc) is 2.72. The Labute approximate surface area is 163 Å². The number of hydrogen-bond acceptors (Lipinski definition) is 7. The van der Waals surface area contributed by atoms with Crippen LogP contribution >= 0.6 is 0 Å². The van der Waals surface area contributed by atoms with Crippen molar-refractivity contribution in [2.24, 2.45) is 5.10 Å². The van der Waals surface area contributed by atoms with Crippen LogP contribution in [0.3, 0.4) is 0 Å². The summed E-state index contributed by atoms with van der Waals surface area (Å²) < 4.78 is 21.5. The standard InChI is InChI=1S/C21H23N3O4/c1-13-9-16(15-7-6-8-17(25-2)20(15)23-13)24-22-12-14-10-18(26-3)21(28-5)19(11-14)27-4/h6-12H,1-5H3,(H,23,24). The number of aryl methyl sites for hydroxylation is 1. The normalized spacial score (nSPS) is 10.9. The number of hydrogen-bond donors (Lipinski definition) is 1. The van der Waals surface area contributed by atoms with Crippen LogP contribution in [0, 0.1) is 6.92 Å². The van der Waals surface area contributed by atoms with Crippen LogP contribution in [-0.2, 0) is 0 Å². The van der Waals surface area contributed by atoms with Crippen molar-refractivity contribution in [2.45, 2.75) is 6.92 Å². The first-order chi connectivity index (χ1) is 13.6. The molecule has 0 aliphatic rings. The lowest BCUT2D eigenvalue weighted by molar-refractivity contribution is 0.324.